The fourth-order valence-corrected chi connectivity index (χ4v) is 7.31. The van der Waals surface area contributed by atoms with Crippen LogP contribution in [0.4, 0.5) is 17.1 Å². The molecule has 10 aromatic rings. The summed E-state index contributed by atoms with van der Waals surface area (Å²) in [5, 5.41) is 5.36. The Morgan fingerprint density at radius 1 is 0.404 bits per heavy atom. The minimum absolute atomic E-state index is 0.612. The van der Waals surface area contributed by atoms with E-state index >= 15 is 0 Å². The first-order valence-electron chi connectivity index (χ1n) is 17.5. The van der Waals surface area contributed by atoms with Gasteiger partial charge in [0.05, 0.1) is 16.8 Å². The van der Waals surface area contributed by atoms with Crippen molar-refractivity contribution in [3.63, 3.8) is 0 Å². The zero-order valence-electron chi connectivity index (χ0n) is 28.1. The summed E-state index contributed by atoms with van der Waals surface area (Å²) < 4.78 is 6.82. The predicted molar refractivity (Wildman–Crippen MR) is 215 cm³/mol. The molecule has 52 heavy (non-hydrogen) atoms. The maximum absolute atomic E-state index is 6.82. The third-order valence-corrected chi connectivity index (χ3v) is 9.82. The van der Waals surface area contributed by atoms with Crippen molar-refractivity contribution in [2.45, 2.75) is 0 Å². The molecular formula is C48H31N3O. The molecule has 0 bridgehead atoms. The second-order valence-corrected chi connectivity index (χ2v) is 13.0. The summed E-state index contributed by atoms with van der Waals surface area (Å²) in [6.07, 6.45) is 0. The minimum Gasteiger partial charge on any atom is -0.455 e. The van der Waals surface area contributed by atoms with Gasteiger partial charge in [-0.15, -0.1) is 0 Å². The molecule has 244 valence electrons. The van der Waals surface area contributed by atoms with Crippen molar-refractivity contribution >= 4 is 60.7 Å². The SMILES string of the molecule is c1ccc(-c2ccc(N(c3ccccc3)c3cc(-c4nc(-c5ccccc5)c5ccccc5n4)c4oc5cc6ccccc6cc5c4c3)cc2)cc1. The van der Waals surface area contributed by atoms with Crippen LogP contribution in [0, 0.1) is 0 Å². The lowest BCUT2D eigenvalue weighted by Gasteiger charge is -2.26. The van der Waals surface area contributed by atoms with Gasteiger partial charge in [-0.05, 0) is 76.5 Å². The first kappa shape index (κ1) is 29.8. The average molecular weight is 666 g/mol. The number of fused-ring (bicyclic) bond motifs is 5. The number of aromatic nitrogens is 2. The highest BCUT2D eigenvalue weighted by Gasteiger charge is 2.22. The minimum atomic E-state index is 0.612. The molecule has 0 aliphatic rings. The van der Waals surface area contributed by atoms with Gasteiger partial charge in [0.2, 0.25) is 0 Å². The van der Waals surface area contributed by atoms with E-state index < -0.39 is 0 Å². The molecule has 0 amide bonds. The Morgan fingerprint density at radius 2 is 1.00 bits per heavy atom. The Bertz CT molecular complexity index is 2880. The Hall–Kier alpha value is -7.04. The van der Waals surface area contributed by atoms with Crippen LogP contribution >= 0.6 is 0 Å². The van der Waals surface area contributed by atoms with Crippen LogP contribution in [-0.2, 0) is 0 Å². The van der Waals surface area contributed by atoms with Gasteiger partial charge in [0.25, 0.3) is 0 Å². The summed E-state index contributed by atoms with van der Waals surface area (Å²) in [7, 11) is 0. The van der Waals surface area contributed by atoms with E-state index in [0.717, 1.165) is 77.5 Å². The number of benzene rings is 8. The van der Waals surface area contributed by atoms with Crippen LogP contribution < -0.4 is 4.90 Å². The fraction of sp³-hybridized carbons (Fsp3) is 0. The van der Waals surface area contributed by atoms with Crippen LogP contribution in [0.15, 0.2) is 192 Å². The number of nitrogens with zero attached hydrogens (tertiary/aromatic N) is 3. The smallest absolute Gasteiger partial charge is 0.164 e. The van der Waals surface area contributed by atoms with Crippen molar-refractivity contribution in [1.29, 1.82) is 0 Å². The molecule has 10 rings (SSSR count). The van der Waals surface area contributed by atoms with E-state index in [0.29, 0.717) is 5.82 Å². The van der Waals surface area contributed by atoms with Gasteiger partial charge < -0.3 is 9.32 Å². The first-order chi connectivity index (χ1) is 25.8. The first-order valence-corrected chi connectivity index (χ1v) is 17.5. The van der Waals surface area contributed by atoms with Crippen molar-refractivity contribution in [3.8, 4) is 33.8 Å². The van der Waals surface area contributed by atoms with Crippen LogP contribution in [0.3, 0.4) is 0 Å². The van der Waals surface area contributed by atoms with Crippen LogP contribution in [0.25, 0.3) is 77.4 Å². The van der Waals surface area contributed by atoms with E-state index in [1.54, 1.807) is 0 Å². The maximum Gasteiger partial charge on any atom is 0.164 e. The van der Waals surface area contributed by atoms with Crippen molar-refractivity contribution < 1.29 is 4.42 Å². The second kappa shape index (κ2) is 12.4. The summed E-state index contributed by atoms with van der Waals surface area (Å²) in [5.74, 6) is 0.612. The van der Waals surface area contributed by atoms with E-state index in [-0.39, 0.29) is 0 Å². The van der Waals surface area contributed by atoms with Gasteiger partial charge in [0.1, 0.15) is 11.2 Å². The lowest BCUT2D eigenvalue weighted by atomic mass is 10.0. The van der Waals surface area contributed by atoms with E-state index in [1.165, 1.54) is 11.1 Å². The van der Waals surface area contributed by atoms with E-state index in [9.17, 15) is 0 Å². The molecule has 0 saturated carbocycles. The molecule has 0 aliphatic heterocycles. The molecule has 2 heterocycles. The molecule has 0 N–H and O–H groups in total. The number of furan rings is 1. The highest BCUT2D eigenvalue weighted by molar-refractivity contribution is 6.14. The number of hydrogen-bond donors (Lipinski definition) is 0. The predicted octanol–water partition coefficient (Wildman–Crippen LogP) is 13.2. The largest absolute Gasteiger partial charge is 0.455 e. The van der Waals surface area contributed by atoms with Gasteiger partial charge in [-0.25, -0.2) is 9.97 Å². The van der Waals surface area contributed by atoms with Gasteiger partial charge >= 0.3 is 0 Å². The van der Waals surface area contributed by atoms with Crippen LogP contribution in [-0.4, -0.2) is 9.97 Å². The zero-order chi connectivity index (χ0) is 34.4. The fourth-order valence-electron chi connectivity index (χ4n) is 7.31. The van der Waals surface area contributed by atoms with E-state index in [1.807, 2.05) is 24.3 Å². The van der Waals surface area contributed by atoms with Gasteiger partial charge in [-0.3, -0.25) is 0 Å². The standard InChI is InChI=1S/C48H31N3O/c1-4-14-32(15-5-1)33-24-26-38(27-25-33)51(37-20-8-3-9-21-37)39-30-42-41-28-35-18-10-11-19-36(35)29-45(41)52-47(42)43(31-39)48-49-44-23-13-12-22-40(44)46(50-48)34-16-6-2-7-17-34/h1-31H. The quantitative estimate of drug-likeness (QED) is 0.177. The summed E-state index contributed by atoms with van der Waals surface area (Å²) in [6, 6.07) is 65.6. The molecule has 0 unspecified atom stereocenters. The molecule has 0 fully saturated rings. The Balaban J connectivity index is 1.26. The van der Waals surface area contributed by atoms with Crippen LogP contribution in [0.1, 0.15) is 0 Å². The molecule has 0 saturated heterocycles. The molecule has 0 radical (unpaired) electrons. The van der Waals surface area contributed by atoms with Crippen molar-refractivity contribution in [1.82, 2.24) is 9.97 Å². The highest BCUT2D eigenvalue weighted by atomic mass is 16.3. The van der Waals surface area contributed by atoms with Crippen LogP contribution in [0.5, 0.6) is 0 Å². The Labute approximate surface area is 300 Å². The molecule has 0 atom stereocenters. The van der Waals surface area contributed by atoms with E-state index in [2.05, 4.69) is 169 Å². The Kier molecular flexibility index (Phi) is 7.10. The molecule has 2 aromatic heterocycles. The average Bonchev–Trinajstić information content (AvgIpc) is 3.58. The molecule has 0 aliphatic carbocycles. The number of hydrogen-bond acceptors (Lipinski definition) is 4. The third kappa shape index (κ3) is 5.17. The summed E-state index contributed by atoms with van der Waals surface area (Å²) in [4.78, 5) is 12.8. The lowest BCUT2D eigenvalue weighted by Crippen LogP contribution is -2.10. The molecule has 4 nitrogen and oxygen atoms in total. The summed E-state index contributed by atoms with van der Waals surface area (Å²) >= 11 is 0. The van der Waals surface area contributed by atoms with Crippen LogP contribution in [0.2, 0.25) is 0 Å². The highest BCUT2D eigenvalue weighted by Crippen LogP contribution is 2.44. The number of rotatable bonds is 6. The second-order valence-electron chi connectivity index (χ2n) is 13.0. The van der Waals surface area contributed by atoms with Gasteiger partial charge in [0, 0.05) is 38.8 Å². The van der Waals surface area contributed by atoms with Gasteiger partial charge in [-0.2, -0.15) is 0 Å². The monoisotopic (exact) mass is 665 g/mol. The molecule has 8 aromatic carbocycles. The topological polar surface area (TPSA) is 42.2 Å². The lowest BCUT2D eigenvalue weighted by molar-refractivity contribution is 0.670. The third-order valence-electron chi connectivity index (χ3n) is 9.82. The van der Waals surface area contributed by atoms with Crippen molar-refractivity contribution in [3.05, 3.63) is 188 Å². The normalized spacial score (nSPS) is 11.5. The van der Waals surface area contributed by atoms with E-state index in [4.69, 9.17) is 14.4 Å². The molecule has 4 heteroatoms. The summed E-state index contributed by atoms with van der Waals surface area (Å²) in [6.45, 7) is 0. The maximum atomic E-state index is 6.82. The summed E-state index contributed by atoms with van der Waals surface area (Å²) in [5.41, 5.74) is 10.6. The van der Waals surface area contributed by atoms with Gasteiger partial charge in [-0.1, -0.05) is 133 Å². The van der Waals surface area contributed by atoms with Crippen molar-refractivity contribution in [2.75, 3.05) is 4.90 Å². The molecular weight excluding hydrogens is 635 g/mol. The zero-order valence-corrected chi connectivity index (χ0v) is 28.1. The Morgan fingerprint density at radius 3 is 1.75 bits per heavy atom. The van der Waals surface area contributed by atoms with Gasteiger partial charge in [0.15, 0.2) is 5.82 Å². The molecule has 0 spiro atoms. The van der Waals surface area contributed by atoms with Crippen molar-refractivity contribution in [2.24, 2.45) is 0 Å². The number of anilines is 3. The number of para-hydroxylation sites is 2.